The minimum Gasteiger partial charge on any atom is -0.469 e. The number of benzene rings is 1. The Kier molecular flexibility index (Phi) is 4.17. The van der Waals surface area contributed by atoms with Crippen LogP contribution < -0.4 is 0 Å². The van der Waals surface area contributed by atoms with Gasteiger partial charge in [-0.15, -0.1) is 0 Å². The lowest BCUT2D eigenvalue weighted by Gasteiger charge is -2.04. The van der Waals surface area contributed by atoms with Crippen molar-refractivity contribution in [3.63, 3.8) is 0 Å². The summed E-state index contributed by atoms with van der Waals surface area (Å²) in [6.07, 6.45) is -0.117. The number of rotatable bonds is 4. The molecule has 0 atom stereocenters. The fraction of sp³-hybridized carbons (Fsp3) is 0.333. The predicted octanol–water partition coefficient (Wildman–Crippen LogP) is 1.81. The molecular formula is C12H13FO3. The maximum absolute atomic E-state index is 12.8. The Morgan fingerprint density at radius 3 is 2.62 bits per heavy atom. The van der Waals surface area contributed by atoms with Crippen LogP contribution >= 0.6 is 0 Å². The first-order chi connectivity index (χ1) is 7.52. The molecule has 0 saturated heterocycles. The summed E-state index contributed by atoms with van der Waals surface area (Å²) >= 11 is 0. The molecule has 1 aromatic rings. The number of carbonyl (C=O) groups excluding carboxylic acids is 2. The molecule has 1 rings (SSSR count). The number of hydrogen-bond donors (Lipinski definition) is 0. The standard InChI is InChI=1S/C12H13FO3/c1-8-5-10(13)4-3-9(8)6-11(14)7-12(15)16-2/h3-5H,6-7H2,1-2H3. The number of Topliss-reactive ketones (excluding diaryl/α,β-unsaturated/α-hetero) is 1. The van der Waals surface area contributed by atoms with E-state index < -0.39 is 5.97 Å². The number of ether oxygens (including phenoxy) is 1. The Balaban J connectivity index is 2.66. The summed E-state index contributed by atoms with van der Waals surface area (Å²) in [5, 5.41) is 0. The quantitative estimate of drug-likeness (QED) is 0.578. The van der Waals surface area contributed by atoms with Gasteiger partial charge < -0.3 is 4.74 Å². The van der Waals surface area contributed by atoms with E-state index in [4.69, 9.17) is 0 Å². The Hall–Kier alpha value is -1.71. The van der Waals surface area contributed by atoms with Gasteiger partial charge in [0, 0.05) is 6.42 Å². The van der Waals surface area contributed by atoms with Gasteiger partial charge in [-0.05, 0) is 30.2 Å². The molecule has 0 unspecified atom stereocenters. The lowest BCUT2D eigenvalue weighted by atomic mass is 10.0. The van der Waals surface area contributed by atoms with Crippen molar-refractivity contribution in [3.05, 3.63) is 35.1 Å². The van der Waals surface area contributed by atoms with Crippen molar-refractivity contribution in [2.75, 3.05) is 7.11 Å². The normalized spacial score (nSPS) is 9.94. The van der Waals surface area contributed by atoms with Crippen molar-refractivity contribution in [2.24, 2.45) is 0 Å². The van der Waals surface area contributed by atoms with E-state index in [2.05, 4.69) is 4.74 Å². The Morgan fingerprint density at radius 2 is 2.06 bits per heavy atom. The lowest BCUT2D eigenvalue weighted by molar-refractivity contribution is -0.143. The molecule has 4 heteroatoms. The molecule has 0 aliphatic heterocycles. The number of carbonyl (C=O) groups is 2. The molecule has 0 spiro atoms. The van der Waals surface area contributed by atoms with E-state index in [1.54, 1.807) is 13.0 Å². The van der Waals surface area contributed by atoms with Gasteiger partial charge in [-0.3, -0.25) is 9.59 Å². The monoisotopic (exact) mass is 224 g/mol. The summed E-state index contributed by atoms with van der Waals surface area (Å²) in [7, 11) is 1.23. The first-order valence-electron chi connectivity index (χ1n) is 4.86. The number of ketones is 1. The van der Waals surface area contributed by atoms with E-state index in [0.717, 1.165) is 5.56 Å². The van der Waals surface area contributed by atoms with Crippen molar-refractivity contribution in [1.82, 2.24) is 0 Å². The van der Waals surface area contributed by atoms with Gasteiger partial charge >= 0.3 is 5.97 Å². The van der Waals surface area contributed by atoms with Crippen molar-refractivity contribution < 1.29 is 18.7 Å². The zero-order valence-corrected chi connectivity index (χ0v) is 9.25. The first kappa shape index (κ1) is 12.4. The summed E-state index contributed by atoms with van der Waals surface area (Å²) in [5.41, 5.74) is 1.44. The Morgan fingerprint density at radius 1 is 1.38 bits per heavy atom. The van der Waals surface area contributed by atoms with E-state index in [-0.39, 0.29) is 24.4 Å². The average molecular weight is 224 g/mol. The second kappa shape index (κ2) is 5.39. The molecule has 0 aliphatic carbocycles. The van der Waals surface area contributed by atoms with E-state index in [9.17, 15) is 14.0 Å². The summed E-state index contributed by atoms with van der Waals surface area (Å²) in [4.78, 5) is 22.3. The number of esters is 1. The van der Waals surface area contributed by atoms with Crippen LogP contribution in [0.25, 0.3) is 0 Å². The lowest BCUT2D eigenvalue weighted by Crippen LogP contribution is -2.12. The molecule has 0 fully saturated rings. The van der Waals surface area contributed by atoms with E-state index in [0.29, 0.717) is 5.56 Å². The van der Waals surface area contributed by atoms with Crippen LogP contribution in [0.3, 0.4) is 0 Å². The fourth-order valence-electron chi connectivity index (χ4n) is 1.37. The minimum absolute atomic E-state index is 0.126. The molecule has 0 heterocycles. The average Bonchev–Trinajstić information content (AvgIpc) is 2.22. The van der Waals surface area contributed by atoms with Gasteiger partial charge in [0.05, 0.1) is 7.11 Å². The van der Waals surface area contributed by atoms with Crippen molar-refractivity contribution in [2.45, 2.75) is 19.8 Å². The number of halogens is 1. The molecule has 86 valence electrons. The maximum Gasteiger partial charge on any atom is 0.313 e. The van der Waals surface area contributed by atoms with Crippen LogP contribution in [0.4, 0.5) is 4.39 Å². The second-order valence-corrected chi connectivity index (χ2v) is 3.54. The van der Waals surface area contributed by atoms with Crippen molar-refractivity contribution >= 4 is 11.8 Å². The van der Waals surface area contributed by atoms with Gasteiger partial charge in [0.2, 0.25) is 0 Å². The van der Waals surface area contributed by atoms with Crippen LogP contribution in [0.15, 0.2) is 18.2 Å². The predicted molar refractivity (Wildman–Crippen MR) is 56.5 cm³/mol. The summed E-state index contributed by atoms with van der Waals surface area (Å²) in [6.45, 7) is 1.73. The van der Waals surface area contributed by atoms with Gasteiger partial charge in [-0.1, -0.05) is 6.07 Å². The minimum atomic E-state index is -0.551. The van der Waals surface area contributed by atoms with Crippen LogP contribution in [0.2, 0.25) is 0 Å². The highest BCUT2D eigenvalue weighted by Gasteiger charge is 2.11. The third-order valence-corrected chi connectivity index (χ3v) is 2.26. The maximum atomic E-state index is 12.8. The van der Waals surface area contributed by atoms with Crippen LogP contribution in [0.5, 0.6) is 0 Å². The van der Waals surface area contributed by atoms with Gasteiger partial charge in [0.15, 0.2) is 0 Å². The van der Waals surface area contributed by atoms with Crippen molar-refractivity contribution in [3.8, 4) is 0 Å². The zero-order valence-electron chi connectivity index (χ0n) is 9.25. The first-order valence-corrected chi connectivity index (χ1v) is 4.86. The Labute approximate surface area is 93.2 Å². The molecule has 16 heavy (non-hydrogen) atoms. The van der Waals surface area contributed by atoms with Crippen molar-refractivity contribution in [1.29, 1.82) is 0 Å². The molecule has 3 nitrogen and oxygen atoms in total. The van der Waals surface area contributed by atoms with Crippen LogP contribution in [-0.2, 0) is 20.7 Å². The molecule has 0 saturated carbocycles. The van der Waals surface area contributed by atoms with Gasteiger partial charge in [0.1, 0.15) is 18.0 Å². The van der Waals surface area contributed by atoms with E-state index >= 15 is 0 Å². The molecule has 0 aliphatic rings. The second-order valence-electron chi connectivity index (χ2n) is 3.54. The van der Waals surface area contributed by atoms with Gasteiger partial charge in [-0.2, -0.15) is 0 Å². The smallest absolute Gasteiger partial charge is 0.313 e. The number of hydrogen-bond acceptors (Lipinski definition) is 3. The zero-order chi connectivity index (χ0) is 12.1. The van der Waals surface area contributed by atoms with Crippen LogP contribution in [0.1, 0.15) is 17.5 Å². The third-order valence-electron chi connectivity index (χ3n) is 2.26. The summed E-state index contributed by atoms with van der Waals surface area (Å²) in [5.74, 6) is -1.12. The molecule has 0 aromatic heterocycles. The number of methoxy groups -OCH3 is 1. The highest BCUT2D eigenvalue weighted by molar-refractivity contribution is 5.96. The van der Waals surface area contributed by atoms with Gasteiger partial charge in [0.25, 0.3) is 0 Å². The highest BCUT2D eigenvalue weighted by atomic mass is 19.1. The van der Waals surface area contributed by atoms with E-state index in [1.807, 2.05) is 0 Å². The molecular weight excluding hydrogens is 211 g/mol. The van der Waals surface area contributed by atoms with E-state index in [1.165, 1.54) is 19.2 Å². The molecule has 0 radical (unpaired) electrons. The summed E-state index contributed by atoms with van der Waals surface area (Å²) < 4.78 is 17.2. The molecule has 0 bridgehead atoms. The van der Waals surface area contributed by atoms with Crippen LogP contribution in [-0.4, -0.2) is 18.9 Å². The largest absolute Gasteiger partial charge is 0.469 e. The summed E-state index contributed by atoms with van der Waals surface area (Å²) in [6, 6.07) is 4.22. The molecule has 1 aromatic carbocycles. The fourth-order valence-corrected chi connectivity index (χ4v) is 1.37. The molecule has 0 N–H and O–H groups in total. The third kappa shape index (κ3) is 3.46. The topological polar surface area (TPSA) is 43.4 Å². The highest BCUT2D eigenvalue weighted by Crippen LogP contribution is 2.11. The van der Waals surface area contributed by atoms with Crippen LogP contribution in [0, 0.1) is 12.7 Å². The SMILES string of the molecule is COC(=O)CC(=O)Cc1ccc(F)cc1C. The molecule has 0 amide bonds. The van der Waals surface area contributed by atoms with Gasteiger partial charge in [-0.25, -0.2) is 4.39 Å². The number of aryl methyl sites for hydroxylation is 1. The Bertz CT molecular complexity index is 413.